The molecule has 0 bridgehead atoms. The average Bonchev–Trinajstić information content (AvgIpc) is 2.56. The summed E-state index contributed by atoms with van der Waals surface area (Å²) in [5.41, 5.74) is 3.85. The van der Waals surface area contributed by atoms with Gasteiger partial charge in [-0.15, -0.1) is 0 Å². The van der Waals surface area contributed by atoms with Gasteiger partial charge in [0.1, 0.15) is 5.75 Å². The number of benzene rings is 2. The molecule has 102 valence electrons. The molecule has 0 radical (unpaired) electrons. The van der Waals surface area contributed by atoms with Gasteiger partial charge in [0.15, 0.2) is 0 Å². The first-order chi connectivity index (χ1) is 9.86. The van der Waals surface area contributed by atoms with Gasteiger partial charge in [-0.05, 0) is 28.8 Å². The Hall–Kier alpha value is -2.06. The summed E-state index contributed by atoms with van der Waals surface area (Å²) in [6, 6.07) is 18.6. The summed E-state index contributed by atoms with van der Waals surface area (Å²) in [7, 11) is 1.68. The molecular weight excluding hydrogens is 248 g/mol. The molecule has 0 fully saturated rings. The van der Waals surface area contributed by atoms with Crippen LogP contribution in [0.5, 0.6) is 5.75 Å². The van der Waals surface area contributed by atoms with Crippen molar-refractivity contribution >= 4 is 5.57 Å². The van der Waals surface area contributed by atoms with Gasteiger partial charge in [-0.2, -0.15) is 0 Å². The van der Waals surface area contributed by atoms with E-state index >= 15 is 0 Å². The van der Waals surface area contributed by atoms with Crippen LogP contribution in [0.3, 0.4) is 0 Å². The maximum atomic E-state index is 5.87. The fourth-order valence-corrected chi connectivity index (χ4v) is 2.53. The van der Waals surface area contributed by atoms with E-state index in [2.05, 4.69) is 42.5 Å². The van der Waals surface area contributed by atoms with Crippen LogP contribution < -0.4 is 4.74 Å². The lowest BCUT2D eigenvalue weighted by atomic mass is 9.94. The normalized spacial score (nSPS) is 18.4. The Bertz CT molecular complexity index is 585. The van der Waals surface area contributed by atoms with E-state index in [0.717, 1.165) is 12.2 Å². The van der Waals surface area contributed by atoms with Gasteiger partial charge in [0.25, 0.3) is 0 Å². The molecule has 1 unspecified atom stereocenters. The lowest BCUT2D eigenvalue weighted by Gasteiger charge is -2.24. The largest absolute Gasteiger partial charge is 0.497 e. The second-order valence-electron chi connectivity index (χ2n) is 4.89. The van der Waals surface area contributed by atoms with Crippen LogP contribution in [0, 0.1) is 0 Å². The second-order valence-corrected chi connectivity index (χ2v) is 4.89. The molecular formula is C18H18O2. The van der Waals surface area contributed by atoms with E-state index in [1.54, 1.807) is 7.11 Å². The number of rotatable bonds is 3. The molecule has 1 heterocycles. The molecule has 1 aliphatic heterocycles. The number of hydrogen-bond donors (Lipinski definition) is 0. The molecule has 0 aromatic heterocycles. The van der Waals surface area contributed by atoms with Gasteiger partial charge in [-0.25, -0.2) is 0 Å². The van der Waals surface area contributed by atoms with Gasteiger partial charge in [0.05, 0.1) is 19.8 Å². The summed E-state index contributed by atoms with van der Waals surface area (Å²) in [5.74, 6) is 0.878. The first-order valence-electron chi connectivity index (χ1n) is 6.87. The van der Waals surface area contributed by atoms with E-state index in [9.17, 15) is 0 Å². The Labute approximate surface area is 119 Å². The molecule has 0 saturated heterocycles. The molecule has 2 aromatic rings. The second kappa shape index (κ2) is 5.93. The van der Waals surface area contributed by atoms with Crippen molar-refractivity contribution in [3.8, 4) is 5.75 Å². The lowest BCUT2D eigenvalue weighted by Crippen LogP contribution is -2.11. The van der Waals surface area contributed by atoms with Crippen molar-refractivity contribution < 1.29 is 9.47 Å². The van der Waals surface area contributed by atoms with E-state index in [1.807, 2.05) is 18.2 Å². The van der Waals surface area contributed by atoms with E-state index < -0.39 is 0 Å². The Morgan fingerprint density at radius 3 is 2.45 bits per heavy atom. The fraction of sp³-hybridized carbons (Fsp3) is 0.222. The van der Waals surface area contributed by atoms with Gasteiger partial charge in [0.2, 0.25) is 0 Å². The molecule has 0 saturated carbocycles. The first kappa shape index (κ1) is 12.9. The highest BCUT2D eigenvalue weighted by Crippen LogP contribution is 2.34. The third kappa shape index (κ3) is 2.75. The van der Waals surface area contributed by atoms with Crippen molar-refractivity contribution in [2.75, 3.05) is 13.7 Å². The van der Waals surface area contributed by atoms with Gasteiger partial charge >= 0.3 is 0 Å². The van der Waals surface area contributed by atoms with Crippen LogP contribution in [0.4, 0.5) is 0 Å². The summed E-state index contributed by atoms with van der Waals surface area (Å²) in [6.07, 6.45) is 3.22. The molecule has 20 heavy (non-hydrogen) atoms. The Kier molecular flexibility index (Phi) is 3.84. The minimum Gasteiger partial charge on any atom is -0.497 e. The van der Waals surface area contributed by atoms with Crippen LogP contribution in [0.2, 0.25) is 0 Å². The zero-order chi connectivity index (χ0) is 13.8. The summed E-state index contributed by atoms with van der Waals surface area (Å²) >= 11 is 0. The Morgan fingerprint density at radius 2 is 1.75 bits per heavy atom. The Balaban J connectivity index is 1.78. The highest BCUT2D eigenvalue weighted by atomic mass is 16.5. The fourth-order valence-electron chi connectivity index (χ4n) is 2.53. The highest BCUT2D eigenvalue weighted by molar-refractivity contribution is 5.66. The van der Waals surface area contributed by atoms with Crippen molar-refractivity contribution in [2.45, 2.75) is 12.5 Å². The first-order valence-corrected chi connectivity index (χ1v) is 6.87. The molecule has 0 spiro atoms. The van der Waals surface area contributed by atoms with Crippen molar-refractivity contribution in [2.24, 2.45) is 0 Å². The van der Waals surface area contributed by atoms with Crippen LogP contribution in [0.15, 0.2) is 60.7 Å². The van der Waals surface area contributed by atoms with E-state index in [-0.39, 0.29) is 6.10 Å². The van der Waals surface area contributed by atoms with Crippen LogP contribution in [-0.4, -0.2) is 13.7 Å². The third-order valence-electron chi connectivity index (χ3n) is 3.66. The molecule has 0 aliphatic carbocycles. The standard InChI is InChI=1S/C18H18O2/c1-19-17-9-7-15(8-10-17)18-13-16(11-12-20-18)14-5-3-2-4-6-14/h2-11,18H,12-13H2,1H3. The number of methoxy groups -OCH3 is 1. The van der Waals surface area contributed by atoms with E-state index in [1.165, 1.54) is 16.7 Å². The van der Waals surface area contributed by atoms with Crippen LogP contribution >= 0.6 is 0 Å². The van der Waals surface area contributed by atoms with E-state index in [0.29, 0.717) is 6.61 Å². The molecule has 2 nitrogen and oxygen atoms in total. The zero-order valence-electron chi connectivity index (χ0n) is 11.6. The molecule has 0 amide bonds. The molecule has 2 heteroatoms. The molecule has 1 atom stereocenters. The quantitative estimate of drug-likeness (QED) is 0.827. The van der Waals surface area contributed by atoms with Gasteiger partial charge in [-0.3, -0.25) is 0 Å². The minimum absolute atomic E-state index is 0.126. The third-order valence-corrected chi connectivity index (χ3v) is 3.66. The van der Waals surface area contributed by atoms with Crippen molar-refractivity contribution in [1.29, 1.82) is 0 Å². The monoisotopic (exact) mass is 266 g/mol. The number of hydrogen-bond acceptors (Lipinski definition) is 2. The van der Waals surface area contributed by atoms with Gasteiger partial charge in [-0.1, -0.05) is 48.5 Å². The van der Waals surface area contributed by atoms with Gasteiger partial charge in [0, 0.05) is 6.42 Å². The maximum absolute atomic E-state index is 5.87. The summed E-state index contributed by atoms with van der Waals surface area (Å²) in [5, 5.41) is 0. The van der Waals surface area contributed by atoms with Crippen molar-refractivity contribution in [3.05, 3.63) is 71.8 Å². The zero-order valence-corrected chi connectivity index (χ0v) is 11.6. The smallest absolute Gasteiger partial charge is 0.118 e. The van der Waals surface area contributed by atoms with Crippen molar-refractivity contribution in [1.82, 2.24) is 0 Å². The summed E-state index contributed by atoms with van der Waals surface area (Å²) < 4.78 is 11.1. The molecule has 2 aromatic carbocycles. The molecule has 0 N–H and O–H groups in total. The SMILES string of the molecule is COc1ccc(C2CC(c3ccccc3)=CCO2)cc1. The van der Waals surface area contributed by atoms with E-state index in [4.69, 9.17) is 9.47 Å². The van der Waals surface area contributed by atoms with Crippen LogP contribution in [0.1, 0.15) is 23.7 Å². The topological polar surface area (TPSA) is 18.5 Å². The van der Waals surface area contributed by atoms with Crippen molar-refractivity contribution in [3.63, 3.8) is 0 Å². The van der Waals surface area contributed by atoms with Gasteiger partial charge < -0.3 is 9.47 Å². The predicted octanol–water partition coefficient (Wildman–Crippen LogP) is 4.24. The predicted molar refractivity (Wildman–Crippen MR) is 80.7 cm³/mol. The number of ether oxygens (including phenoxy) is 2. The van der Waals surface area contributed by atoms with Crippen LogP contribution in [0.25, 0.3) is 5.57 Å². The molecule has 1 aliphatic rings. The summed E-state index contributed by atoms with van der Waals surface area (Å²) in [6.45, 7) is 0.668. The highest BCUT2D eigenvalue weighted by Gasteiger charge is 2.18. The minimum atomic E-state index is 0.126. The average molecular weight is 266 g/mol. The summed E-state index contributed by atoms with van der Waals surface area (Å²) in [4.78, 5) is 0. The molecule has 3 rings (SSSR count). The maximum Gasteiger partial charge on any atom is 0.118 e. The lowest BCUT2D eigenvalue weighted by molar-refractivity contribution is 0.0708. The van der Waals surface area contributed by atoms with Crippen LogP contribution in [-0.2, 0) is 4.74 Å². The Morgan fingerprint density at radius 1 is 1.00 bits per heavy atom.